The molecule has 2 heterocycles. The topological polar surface area (TPSA) is 129 Å². The van der Waals surface area contributed by atoms with Crippen LogP contribution in [0.4, 0.5) is 5.82 Å². The molecule has 0 unspecified atom stereocenters. The highest BCUT2D eigenvalue weighted by Crippen LogP contribution is 2.11. The van der Waals surface area contributed by atoms with E-state index in [-0.39, 0.29) is 17.3 Å². The third-order valence-electron chi connectivity index (χ3n) is 2.38. The second-order valence-electron chi connectivity index (χ2n) is 3.76. The maximum Gasteiger partial charge on any atom is 0.275 e. The summed E-state index contributed by atoms with van der Waals surface area (Å²) in [4.78, 5) is 16.1. The molecule has 0 aromatic carbocycles. The van der Waals surface area contributed by atoms with Crippen molar-refractivity contribution in [2.75, 3.05) is 5.32 Å². The van der Waals surface area contributed by atoms with Crippen molar-refractivity contribution < 1.29 is 10.0 Å². The van der Waals surface area contributed by atoms with Gasteiger partial charge in [-0.05, 0) is 19.1 Å². The Hall–Kier alpha value is -2.90. The molecule has 0 fully saturated rings. The fourth-order valence-electron chi connectivity index (χ4n) is 1.48. The van der Waals surface area contributed by atoms with E-state index in [2.05, 4.69) is 25.7 Å². The molecule has 98 valence electrons. The van der Waals surface area contributed by atoms with Crippen molar-refractivity contribution in [1.29, 1.82) is 0 Å². The highest BCUT2D eigenvalue weighted by Gasteiger charge is 2.14. The molecule has 0 saturated carbocycles. The van der Waals surface area contributed by atoms with Crippen LogP contribution >= 0.6 is 0 Å². The van der Waals surface area contributed by atoms with E-state index in [1.165, 1.54) is 6.20 Å². The Kier molecular flexibility index (Phi) is 3.42. The number of nitrogens with zero attached hydrogens (tertiary/aromatic N) is 3. The molecule has 0 atom stereocenters. The molecular formula is C11H12N6O2. The Labute approximate surface area is 108 Å². The summed E-state index contributed by atoms with van der Waals surface area (Å²) in [5.41, 5.74) is 6.74. The van der Waals surface area contributed by atoms with Crippen LogP contribution in [0.5, 0.6) is 0 Å². The number of anilines is 1. The Bertz CT molecular complexity index is 634. The van der Waals surface area contributed by atoms with Crippen LogP contribution < -0.4 is 11.1 Å². The number of pyridine rings is 1. The van der Waals surface area contributed by atoms with Gasteiger partial charge in [-0.1, -0.05) is 11.2 Å². The number of aromatic nitrogens is 3. The molecule has 0 bridgehead atoms. The monoisotopic (exact) mass is 260 g/mol. The zero-order valence-corrected chi connectivity index (χ0v) is 10.1. The van der Waals surface area contributed by atoms with Crippen LogP contribution in [0.2, 0.25) is 0 Å². The number of nitrogens with two attached hydrogens (primary N) is 1. The van der Waals surface area contributed by atoms with Crippen LogP contribution in [0, 0.1) is 6.92 Å². The van der Waals surface area contributed by atoms with Crippen molar-refractivity contribution in [3.8, 4) is 0 Å². The molecule has 0 aliphatic carbocycles. The van der Waals surface area contributed by atoms with Crippen molar-refractivity contribution >= 4 is 17.6 Å². The van der Waals surface area contributed by atoms with Crippen molar-refractivity contribution in [2.24, 2.45) is 10.9 Å². The maximum absolute atomic E-state index is 12.0. The lowest BCUT2D eigenvalue weighted by atomic mass is 10.2. The summed E-state index contributed by atoms with van der Waals surface area (Å²) in [6.45, 7) is 1.79. The van der Waals surface area contributed by atoms with Gasteiger partial charge in [0.25, 0.3) is 5.91 Å². The lowest BCUT2D eigenvalue weighted by molar-refractivity contribution is 0.102. The summed E-state index contributed by atoms with van der Waals surface area (Å²) in [7, 11) is 0. The Morgan fingerprint density at radius 1 is 1.53 bits per heavy atom. The second kappa shape index (κ2) is 5.17. The van der Waals surface area contributed by atoms with Gasteiger partial charge in [0.15, 0.2) is 5.84 Å². The molecule has 8 heteroatoms. The summed E-state index contributed by atoms with van der Waals surface area (Å²) in [5.74, 6) is -0.329. The first kappa shape index (κ1) is 12.6. The SMILES string of the molecule is Cc1cccc(C(=O)Nc2[nH]ncc2C(N)=NO)n1. The molecule has 8 nitrogen and oxygen atoms in total. The molecule has 2 aromatic rings. The Morgan fingerprint density at radius 2 is 2.32 bits per heavy atom. The summed E-state index contributed by atoms with van der Waals surface area (Å²) < 4.78 is 0. The van der Waals surface area contributed by atoms with Crippen molar-refractivity contribution in [1.82, 2.24) is 15.2 Å². The standard InChI is InChI=1S/C11H12N6O2/c1-6-3-2-4-8(14-6)11(18)15-10-7(5-13-16-10)9(12)17-19/h2-5,19H,1H3,(H2,12,17)(H2,13,15,16,18). The quantitative estimate of drug-likeness (QED) is 0.276. The number of oxime groups is 1. The Balaban J connectivity index is 2.23. The van der Waals surface area contributed by atoms with Gasteiger partial charge in [0.2, 0.25) is 0 Å². The summed E-state index contributed by atoms with van der Waals surface area (Å²) in [5, 5.41) is 20.3. The van der Waals surface area contributed by atoms with E-state index in [0.717, 1.165) is 5.69 Å². The van der Waals surface area contributed by atoms with Gasteiger partial charge >= 0.3 is 0 Å². The van der Waals surface area contributed by atoms with Gasteiger partial charge in [-0.15, -0.1) is 0 Å². The lowest BCUT2D eigenvalue weighted by Crippen LogP contribution is -2.19. The Morgan fingerprint density at radius 3 is 3.00 bits per heavy atom. The smallest absolute Gasteiger partial charge is 0.275 e. The average molecular weight is 260 g/mol. The zero-order chi connectivity index (χ0) is 13.8. The van der Waals surface area contributed by atoms with Gasteiger partial charge in [0.05, 0.1) is 11.8 Å². The summed E-state index contributed by atoms with van der Waals surface area (Å²) >= 11 is 0. The normalized spacial score (nSPS) is 11.3. The molecule has 19 heavy (non-hydrogen) atoms. The first-order chi connectivity index (χ1) is 9.11. The molecule has 5 N–H and O–H groups in total. The number of carbonyl (C=O) groups excluding carboxylic acids is 1. The maximum atomic E-state index is 12.0. The van der Waals surface area contributed by atoms with E-state index in [0.29, 0.717) is 5.56 Å². The van der Waals surface area contributed by atoms with Crippen LogP contribution in [0.15, 0.2) is 29.6 Å². The number of aromatic amines is 1. The van der Waals surface area contributed by atoms with Crippen molar-refractivity contribution in [2.45, 2.75) is 6.92 Å². The van der Waals surface area contributed by atoms with Crippen molar-refractivity contribution in [3.63, 3.8) is 0 Å². The van der Waals surface area contributed by atoms with Crippen LogP contribution in [0.1, 0.15) is 21.7 Å². The number of nitrogens with one attached hydrogen (secondary N) is 2. The van der Waals surface area contributed by atoms with E-state index in [4.69, 9.17) is 10.9 Å². The molecule has 2 aromatic heterocycles. The fraction of sp³-hybridized carbons (Fsp3) is 0.0909. The first-order valence-corrected chi connectivity index (χ1v) is 5.38. The van der Waals surface area contributed by atoms with E-state index < -0.39 is 5.91 Å². The number of hydrogen-bond acceptors (Lipinski definition) is 5. The number of carbonyl (C=O) groups is 1. The van der Waals surface area contributed by atoms with Gasteiger partial charge in [0.1, 0.15) is 11.5 Å². The minimum atomic E-state index is -0.417. The van der Waals surface area contributed by atoms with Gasteiger partial charge in [-0.3, -0.25) is 9.89 Å². The molecule has 0 spiro atoms. The molecule has 2 rings (SSSR count). The summed E-state index contributed by atoms with van der Waals surface area (Å²) in [6.07, 6.45) is 1.34. The van der Waals surface area contributed by atoms with Crippen molar-refractivity contribution in [3.05, 3.63) is 41.3 Å². The van der Waals surface area contributed by atoms with E-state index in [9.17, 15) is 4.79 Å². The van der Waals surface area contributed by atoms with Crippen LogP contribution in [0.25, 0.3) is 0 Å². The molecule has 0 aliphatic rings. The van der Waals surface area contributed by atoms with Gasteiger partial charge < -0.3 is 16.3 Å². The minimum Gasteiger partial charge on any atom is -0.409 e. The van der Waals surface area contributed by atoms with E-state index in [1.807, 2.05) is 0 Å². The highest BCUT2D eigenvalue weighted by atomic mass is 16.4. The minimum absolute atomic E-state index is 0.152. The average Bonchev–Trinajstić information content (AvgIpc) is 2.86. The van der Waals surface area contributed by atoms with E-state index in [1.54, 1.807) is 25.1 Å². The molecule has 1 amide bonds. The lowest BCUT2D eigenvalue weighted by Gasteiger charge is -2.04. The predicted molar refractivity (Wildman–Crippen MR) is 68.0 cm³/mol. The van der Waals surface area contributed by atoms with Gasteiger partial charge in [0, 0.05) is 5.69 Å². The number of aryl methyl sites for hydroxylation is 1. The van der Waals surface area contributed by atoms with Crippen LogP contribution in [-0.4, -0.2) is 32.1 Å². The van der Waals surface area contributed by atoms with Gasteiger partial charge in [-0.25, -0.2) is 4.98 Å². The van der Waals surface area contributed by atoms with Crippen LogP contribution in [0.3, 0.4) is 0 Å². The zero-order valence-electron chi connectivity index (χ0n) is 10.1. The summed E-state index contributed by atoms with van der Waals surface area (Å²) in [6, 6.07) is 5.10. The second-order valence-corrected chi connectivity index (χ2v) is 3.76. The number of amidine groups is 1. The number of rotatable bonds is 3. The predicted octanol–water partition coefficient (Wildman–Crippen LogP) is 0.460. The number of amides is 1. The van der Waals surface area contributed by atoms with E-state index >= 15 is 0 Å². The van der Waals surface area contributed by atoms with Gasteiger partial charge in [-0.2, -0.15) is 5.10 Å². The largest absolute Gasteiger partial charge is 0.409 e. The first-order valence-electron chi connectivity index (χ1n) is 5.38. The third kappa shape index (κ3) is 2.68. The van der Waals surface area contributed by atoms with Crippen LogP contribution in [-0.2, 0) is 0 Å². The number of H-pyrrole nitrogens is 1. The molecule has 0 aliphatic heterocycles. The molecule has 0 radical (unpaired) electrons. The fourth-order valence-corrected chi connectivity index (χ4v) is 1.48. The molecular weight excluding hydrogens is 248 g/mol. The third-order valence-corrected chi connectivity index (χ3v) is 2.38. The number of hydrogen-bond donors (Lipinski definition) is 4. The highest BCUT2D eigenvalue weighted by molar-refractivity contribution is 6.08. The molecule has 0 saturated heterocycles.